The molecule has 0 bridgehead atoms. The van der Waals surface area contributed by atoms with Crippen LogP contribution in [0.1, 0.15) is 18.4 Å². The summed E-state index contributed by atoms with van der Waals surface area (Å²) in [5, 5.41) is 10.5. The third-order valence-corrected chi connectivity index (χ3v) is 4.32. The van der Waals surface area contributed by atoms with Crippen LogP contribution in [0.2, 0.25) is 0 Å². The fraction of sp³-hybridized carbons (Fsp3) is 0.471. The number of para-hydroxylation sites is 1. The lowest BCUT2D eigenvalue weighted by Crippen LogP contribution is -2.37. The molecule has 1 N–H and O–H groups in total. The van der Waals surface area contributed by atoms with Gasteiger partial charge in [0.1, 0.15) is 17.1 Å². The lowest BCUT2D eigenvalue weighted by Gasteiger charge is -2.33. The molecule has 1 aliphatic rings. The Morgan fingerprint density at radius 3 is 3.05 bits per heavy atom. The summed E-state index contributed by atoms with van der Waals surface area (Å²) in [4.78, 5) is 7.10. The molecule has 0 spiro atoms. The fourth-order valence-electron chi connectivity index (χ4n) is 3.12. The van der Waals surface area contributed by atoms with Crippen molar-refractivity contribution in [2.75, 3.05) is 31.7 Å². The van der Waals surface area contributed by atoms with Gasteiger partial charge in [-0.05, 0) is 43.4 Å². The molecule has 1 aromatic carbocycles. The summed E-state index contributed by atoms with van der Waals surface area (Å²) < 4.78 is 5.45. The van der Waals surface area contributed by atoms with E-state index in [-0.39, 0.29) is 6.61 Å². The number of rotatable bonds is 3. The zero-order valence-electron chi connectivity index (χ0n) is 12.7. The second-order valence-corrected chi connectivity index (χ2v) is 5.79. The van der Waals surface area contributed by atoms with E-state index in [1.165, 1.54) is 5.56 Å². The molecule has 4 heteroatoms. The van der Waals surface area contributed by atoms with Crippen LogP contribution in [0.15, 0.2) is 24.3 Å². The average Bonchev–Trinajstić information content (AvgIpc) is 2.54. The first-order valence-corrected chi connectivity index (χ1v) is 7.53. The highest BCUT2D eigenvalue weighted by Crippen LogP contribution is 2.30. The predicted molar refractivity (Wildman–Crippen MR) is 85.1 cm³/mol. The van der Waals surface area contributed by atoms with Crippen molar-refractivity contribution >= 4 is 16.7 Å². The van der Waals surface area contributed by atoms with Crippen LogP contribution in [-0.2, 0) is 0 Å². The molecule has 2 aromatic rings. The number of piperidine rings is 1. The van der Waals surface area contributed by atoms with Gasteiger partial charge in [-0.25, -0.2) is 4.98 Å². The van der Waals surface area contributed by atoms with Crippen LogP contribution in [0.5, 0.6) is 5.75 Å². The molecule has 1 unspecified atom stereocenters. The maximum Gasteiger partial charge on any atom is 0.145 e. The number of methoxy groups -OCH3 is 1. The van der Waals surface area contributed by atoms with Crippen molar-refractivity contribution in [1.82, 2.24) is 4.98 Å². The monoisotopic (exact) mass is 286 g/mol. The molecule has 0 amide bonds. The first-order valence-electron chi connectivity index (χ1n) is 7.53. The molecule has 0 saturated carbocycles. The zero-order valence-corrected chi connectivity index (χ0v) is 12.7. The van der Waals surface area contributed by atoms with Crippen LogP contribution in [-0.4, -0.2) is 36.9 Å². The first kappa shape index (κ1) is 14.1. The molecular weight excluding hydrogens is 264 g/mol. The van der Waals surface area contributed by atoms with E-state index in [1.807, 2.05) is 12.1 Å². The van der Waals surface area contributed by atoms with Crippen molar-refractivity contribution < 1.29 is 9.84 Å². The second-order valence-electron chi connectivity index (χ2n) is 5.79. The second kappa shape index (κ2) is 5.90. The SMILES string of the molecule is COc1cccc2c(C)cc(N3CCCC(CO)C3)nc12. The van der Waals surface area contributed by atoms with Crippen molar-refractivity contribution in [2.45, 2.75) is 19.8 Å². The van der Waals surface area contributed by atoms with E-state index in [9.17, 15) is 5.11 Å². The molecule has 4 nitrogen and oxygen atoms in total. The van der Waals surface area contributed by atoms with Gasteiger partial charge in [0, 0.05) is 25.1 Å². The van der Waals surface area contributed by atoms with Crippen molar-refractivity contribution in [3.8, 4) is 5.75 Å². The number of hydrogen-bond acceptors (Lipinski definition) is 4. The Hall–Kier alpha value is -1.81. The van der Waals surface area contributed by atoms with E-state index in [0.717, 1.165) is 48.4 Å². The number of aliphatic hydroxyl groups is 1. The molecule has 112 valence electrons. The van der Waals surface area contributed by atoms with E-state index >= 15 is 0 Å². The largest absolute Gasteiger partial charge is 0.494 e. The number of anilines is 1. The van der Waals surface area contributed by atoms with Crippen LogP contribution >= 0.6 is 0 Å². The Bertz CT molecular complexity index is 642. The Kier molecular flexibility index (Phi) is 3.97. The molecule has 1 aliphatic heterocycles. The smallest absolute Gasteiger partial charge is 0.145 e. The molecule has 1 atom stereocenters. The number of aromatic nitrogens is 1. The third-order valence-electron chi connectivity index (χ3n) is 4.32. The number of hydrogen-bond donors (Lipinski definition) is 1. The highest BCUT2D eigenvalue weighted by atomic mass is 16.5. The Balaban J connectivity index is 2.03. The van der Waals surface area contributed by atoms with Crippen molar-refractivity contribution in [2.24, 2.45) is 5.92 Å². The third kappa shape index (κ3) is 2.68. The molecule has 1 saturated heterocycles. The van der Waals surface area contributed by atoms with Crippen LogP contribution in [0.3, 0.4) is 0 Å². The minimum atomic E-state index is 0.256. The van der Waals surface area contributed by atoms with Crippen LogP contribution in [0.4, 0.5) is 5.82 Å². The summed E-state index contributed by atoms with van der Waals surface area (Å²) in [5.41, 5.74) is 2.13. The van der Waals surface area contributed by atoms with E-state index in [1.54, 1.807) is 7.11 Å². The number of nitrogens with zero attached hydrogens (tertiary/aromatic N) is 2. The number of ether oxygens (including phenoxy) is 1. The zero-order chi connectivity index (χ0) is 14.8. The van der Waals surface area contributed by atoms with Gasteiger partial charge in [-0.2, -0.15) is 0 Å². The number of pyridine rings is 1. The van der Waals surface area contributed by atoms with Gasteiger partial charge in [-0.1, -0.05) is 12.1 Å². The predicted octanol–water partition coefficient (Wildman–Crippen LogP) is 2.76. The summed E-state index contributed by atoms with van der Waals surface area (Å²) in [7, 11) is 1.68. The summed E-state index contributed by atoms with van der Waals surface area (Å²) in [6, 6.07) is 8.17. The van der Waals surface area contributed by atoms with E-state index < -0.39 is 0 Å². The molecular formula is C17H22N2O2. The van der Waals surface area contributed by atoms with Gasteiger partial charge in [-0.3, -0.25) is 0 Å². The molecule has 2 heterocycles. The Morgan fingerprint density at radius 2 is 2.29 bits per heavy atom. The van der Waals surface area contributed by atoms with Crippen molar-refractivity contribution in [3.63, 3.8) is 0 Å². The fourth-order valence-corrected chi connectivity index (χ4v) is 3.12. The minimum absolute atomic E-state index is 0.256. The topological polar surface area (TPSA) is 45.6 Å². The number of aryl methyl sites for hydroxylation is 1. The van der Waals surface area contributed by atoms with Gasteiger partial charge >= 0.3 is 0 Å². The van der Waals surface area contributed by atoms with E-state index in [0.29, 0.717) is 5.92 Å². The maximum absolute atomic E-state index is 9.40. The average molecular weight is 286 g/mol. The van der Waals surface area contributed by atoms with Gasteiger partial charge in [0.05, 0.1) is 7.11 Å². The summed E-state index contributed by atoms with van der Waals surface area (Å²) in [6.07, 6.45) is 2.21. The van der Waals surface area contributed by atoms with Gasteiger partial charge in [0.15, 0.2) is 0 Å². The van der Waals surface area contributed by atoms with Gasteiger partial charge in [0.2, 0.25) is 0 Å². The molecule has 1 fully saturated rings. The van der Waals surface area contributed by atoms with E-state index in [4.69, 9.17) is 9.72 Å². The number of fused-ring (bicyclic) bond motifs is 1. The summed E-state index contributed by atoms with van der Waals surface area (Å²) in [5.74, 6) is 2.16. The van der Waals surface area contributed by atoms with Crippen LogP contribution in [0, 0.1) is 12.8 Å². The lowest BCUT2D eigenvalue weighted by atomic mass is 9.99. The van der Waals surface area contributed by atoms with Crippen molar-refractivity contribution in [3.05, 3.63) is 29.8 Å². The van der Waals surface area contributed by atoms with Gasteiger partial charge in [0.25, 0.3) is 0 Å². The Labute approximate surface area is 125 Å². The molecule has 1 aromatic heterocycles. The summed E-state index contributed by atoms with van der Waals surface area (Å²) >= 11 is 0. The Morgan fingerprint density at radius 1 is 1.43 bits per heavy atom. The summed E-state index contributed by atoms with van der Waals surface area (Å²) in [6.45, 7) is 4.25. The van der Waals surface area contributed by atoms with Crippen molar-refractivity contribution in [1.29, 1.82) is 0 Å². The standard InChI is InChI=1S/C17H22N2O2/c1-12-9-16(19-8-4-5-13(10-19)11-20)18-17-14(12)6-3-7-15(17)21-2/h3,6-7,9,13,20H,4-5,8,10-11H2,1-2H3. The highest BCUT2D eigenvalue weighted by molar-refractivity contribution is 5.88. The first-order chi connectivity index (χ1) is 10.2. The number of aliphatic hydroxyl groups excluding tert-OH is 1. The molecule has 0 radical (unpaired) electrons. The molecule has 3 rings (SSSR count). The minimum Gasteiger partial charge on any atom is -0.494 e. The van der Waals surface area contributed by atoms with Gasteiger partial charge < -0.3 is 14.7 Å². The number of benzene rings is 1. The normalized spacial score (nSPS) is 19.0. The molecule has 0 aliphatic carbocycles. The maximum atomic E-state index is 9.40. The van der Waals surface area contributed by atoms with Crippen LogP contribution in [0.25, 0.3) is 10.9 Å². The molecule has 21 heavy (non-hydrogen) atoms. The van der Waals surface area contributed by atoms with E-state index in [2.05, 4.69) is 24.0 Å². The quantitative estimate of drug-likeness (QED) is 0.942. The van der Waals surface area contributed by atoms with Gasteiger partial charge in [-0.15, -0.1) is 0 Å². The highest BCUT2D eigenvalue weighted by Gasteiger charge is 2.21. The lowest BCUT2D eigenvalue weighted by molar-refractivity contribution is 0.208. The van der Waals surface area contributed by atoms with Crippen LogP contribution < -0.4 is 9.64 Å².